The Balaban J connectivity index is 1.42. The van der Waals surface area contributed by atoms with E-state index in [9.17, 15) is 27.9 Å². The van der Waals surface area contributed by atoms with E-state index >= 15 is 0 Å². The number of aromatic nitrogens is 2. The fourth-order valence-corrected chi connectivity index (χ4v) is 7.01. The number of amides is 2. The van der Waals surface area contributed by atoms with Crippen LogP contribution in [0.2, 0.25) is 10.0 Å². The number of fused-ring (bicyclic) bond motifs is 1. The highest BCUT2D eigenvalue weighted by Gasteiger charge is 2.39. The Labute approximate surface area is 245 Å². The fourth-order valence-electron chi connectivity index (χ4n) is 5.20. The summed E-state index contributed by atoms with van der Waals surface area (Å²) in [5, 5.41) is 11.0. The number of ether oxygens (including phenoxy) is 1. The van der Waals surface area contributed by atoms with E-state index in [1.807, 2.05) is 0 Å². The van der Waals surface area contributed by atoms with Gasteiger partial charge in [0.2, 0.25) is 5.75 Å². The molecule has 0 radical (unpaired) electrons. The van der Waals surface area contributed by atoms with Crippen LogP contribution in [0.25, 0.3) is 0 Å². The summed E-state index contributed by atoms with van der Waals surface area (Å²) in [5.41, 5.74) is -1.17. The van der Waals surface area contributed by atoms with Gasteiger partial charge in [0.05, 0.1) is 39.4 Å². The third-order valence-electron chi connectivity index (χ3n) is 7.31. The Bertz CT molecular complexity index is 1670. The molecule has 0 aliphatic carbocycles. The largest absolute Gasteiger partial charge is 0.501 e. The average molecular weight is 621 g/mol. The van der Waals surface area contributed by atoms with E-state index in [-0.39, 0.29) is 57.4 Å². The number of carbonyl (C=O) groups excluding carboxylic acids is 2. The summed E-state index contributed by atoms with van der Waals surface area (Å²) in [7, 11) is -2.26. The second kappa shape index (κ2) is 11.3. The number of hydrogen-bond acceptors (Lipinski definition) is 8. The minimum Gasteiger partial charge on any atom is -0.501 e. The third-order valence-corrected chi connectivity index (χ3v) is 9.65. The number of nitrogens with zero attached hydrogens (tertiary/aromatic N) is 4. The van der Waals surface area contributed by atoms with Gasteiger partial charge in [-0.2, -0.15) is 4.98 Å². The maximum absolute atomic E-state index is 13.5. The molecule has 0 saturated carbocycles. The van der Waals surface area contributed by atoms with Crippen LogP contribution >= 0.6 is 23.2 Å². The Morgan fingerprint density at radius 2 is 1.76 bits per heavy atom. The molecule has 0 spiro atoms. The number of aromatic hydroxyl groups is 1. The molecular weight excluding hydrogens is 595 g/mol. The van der Waals surface area contributed by atoms with E-state index in [2.05, 4.69) is 4.98 Å². The van der Waals surface area contributed by atoms with Crippen LogP contribution in [0.5, 0.6) is 11.5 Å². The number of hydrogen-bond donors (Lipinski definition) is 1. The number of carbonyl (C=O) groups is 2. The molecular formula is C27H26Cl2N4O7S. The van der Waals surface area contributed by atoms with Crippen molar-refractivity contribution in [3.05, 3.63) is 79.9 Å². The summed E-state index contributed by atoms with van der Waals surface area (Å²) in [5.74, 6) is -1.66. The molecule has 3 heterocycles. The number of sulfone groups is 1. The van der Waals surface area contributed by atoms with Crippen molar-refractivity contribution in [2.75, 3.05) is 32.5 Å². The lowest BCUT2D eigenvalue weighted by Gasteiger charge is -2.34. The Morgan fingerprint density at radius 1 is 1.07 bits per heavy atom. The first-order valence-electron chi connectivity index (χ1n) is 12.8. The standard InChI is InChI=1S/C27H26Cl2N4O7S/c1-40-16-7-9-17(10-8-16)41(38,39)15-14-31-12-13-33-22(27(31)37)23(34)25(35)30-24(33)20-6-3-11-32(20)26(36)21-18(28)4-2-5-19(21)29/h2,4-5,7-10,20,34H,3,6,11-15H2,1H3/t20-/m0/s1. The van der Waals surface area contributed by atoms with E-state index in [1.165, 1.54) is 45.7 Å². The maximum Gasteiger partial charge on any atom is 0.315 e. The maximum atomic E-state index is 13.5. The van der Waals surface area contributed by atoms with Gasteiger partial charge >= 0.3 is 5.56 Å². The van der Waals surface area contributed by atoms with Crippen LogP contribution in [-0.4, -0.2) is 77.2 Å². The summed E-state index contributed by atoms with van der Waals surface area (Å²) in [6.45, 7) is 0.432. The molecule has 3 aromatic rings. The van der Waals surface area contributed by atoms with E-state index in [0.29, 0.717) is 25.1 Å². The highest BCUT2D eigenvalue weighted by molar-refractivity contribution is 7.91. The molecule has 216 valence electrons. The minimum atomic E-state index is -3.73. The molecule has 5 rings (SSSR count). The van der Waals surface area contributed by atoms with Crippen molar-refractivity contribution in [2.45, 2.75) is 30.3 Å². The van der Waals surface area contributed by atoms with Crippen LogP contribution in [0.15, 0.2) is 52.2 Å². The van der Waals surface area contributed by atoms with Crippen molar-refractivity contribution in [1.29, 1.82) is 0 Å². The van der Waals surface area contributed by atoms with E-state index in [0.717, 1.165) is 0 Å². The summed E-state index contributed by atoms with van der Waals surface area (Å²) in [6, 6.07) is 9.98. The lowest BCUT2D eigenvalue weighted by molar-refractivity contribution is 0.0689. The summed E-state index contributed by atoms with van der Waals surface area (Å²) < 4.78 is 32.3. The van der Waals surface area contributed by atoms with Gasteiger partial charge in [0.25, 0.3) is 11.8 Å². The Kier molecular flexibility index (Phi) is 8.00. The SMILES string of the molecule is COc1ccc(S(=O)(=O)CCN2CCn3c([C@@H]4CCCN4C(=O)c4c(Cl)cccc4Cl)nc(=O)c(O)c3C2=O)cc1. The highest BCUT2D eigenvalue weighted by Crippen LogP contribution is 2.36. The Hall–Kier alpha value is -3.61. The second-order valence-electron chi connectivity index (χ2n) is 9.66. The fraction of sp³-hybridized carbons (Fsp3) is 0.333. The number of halogens is 2. The second-order valence-corrected chi connectivity index (χ2v) is 12.6. The zero-order valence-corrected chi connectivity index (χ0v) is 24.2. The van der Waals surface area contributed by atoms with Crippen LogP contribution in [0.1, 0.15) is 45.6 Å². The van der Waals surface area contributed by atoms with E-state index in [1.54, 1.807) is 18.2 Å². The number of likely N-dealkylation sites (tertiary alicyclic amines) is 1. The summed E-state index contributed by atoms with van der Waals surface area (Å²) in [6.07, 6.45) is 1.07. The number of methoxy groups -OCH3 is 1. The van der Waals surface area contributed by atoms with Crippen LogP contribution in [0, 0.1) is 0 Å². The van der Waals surface area contributed by atoms with Crippen molar-refractivity contribution >= 4 is 44.9 Å². The van der Waals surface area contributed by atoms with Gasteiger partial charge in [0, 0.05) is 26.2 Å². The van der Waals surface area contributed by atoms with Gasteiger partial charge in [0.1, 0.15) is 11.6 Å². The van der Waals surface area contributed by atoms with E-state index < -0.39 is 39.0 Å². The molecule has 2 amide bonds. The van der Waals surface area contributed by atoms with Crippen LogP contribution < -0.4 is 10.3 Å². The molecule has 1 fully saturated rings. The number of benzene rings is 2. The summed E-state index contributed by atoms with van der Waals surface area (Å²) >= 11 is 12.5. The lowest BCUT2D eigenvalue weighted by Crippen LogP contribution is -2.46. The van der Waals surface area contributed by atoms with Crippen molar-refractivity contribution in [2.24, 2.45) is 0 Å². The van der Waals surface area contributed by atoms with Gasteiger partial charge in [-0.1, -0.05) is 29.3 Å². The predicted octanol–water partition coefficient (Wildman–Crippen LogP) is 3.17. The van der Waals surface area contributed by atoms with Gasteiger partial charge in [-0.3, -0.25) is 14.4 Å². The zero-order chi connectivity index (χ0) is 29.5. The zero-order valence-electron chi connectivity index (χ0n) is 21.9. The molecule has 1 saturated heterocycles. The van der Waals surface area contributed by atoms with Crippen molar-refractivity contribution in [1.82, 2.24) is 19.4 Å². The van der Waals surface area contributed by atoms with Crippen LogP contribution in [0.3, 0.4) is 0 Å². The topological polar surface area (TPSA) is 139 Å². The monoisotopic (exact) mass is 620 g/mol. The quantitative estimate of drug-likeness (QED) is 0.425. The molecule has 11 nitrogen and oxygen atoms in total. The first-order valence-corrected chi connectivity index (χ1v) is 15.2. The molecule has 14 heteroatoms. The molecule has 1 aromatic heterocycles. The normalized spacial score (nSPS) is 17.0. The molecule has 0 bridgehead atoms. The molecule has 0 unspecified atom stereocenters. The van der Waals surface area contributed by atoms with Gasteiger partial charge in [-0.15, -0.1) is 0 Å². The van der Waals surface area contributed by atoms with Crippen molar-refractivity contribution < 1.29 is 27.9 Å². The third kappa shape index (κ3) is 5.39. The average Bonchev–Trinajstić information content (AvgIpc) is 3.44. The molecule has 2 aliphatic rings. The first kappa shape index (κ1) is 28.9. The summed E-state index contributed by atoms with van der Waals surface area (Å²) in [4.78, 5) is 46.6. The predicted molar refractivity (Wildman–Crippen MR) is 151 cm³/mol. The molecule has 1 N–H and O–H groups in total. The van der Waals surface area contributed by atoms with Gasteiger partial charge in [-0.25, -0.2) is 8.42 Å². The molecule has 2 aliphatic heterocycles. The van der Waals surface area contributed by atoms with Gasteiger partial charge in [0.15, 0.2) is 15.5 Å². The molecule has 1 atom stereocenters. The smallest absolute Gasteiger partial charge is 0.315 e. The lowest BCUT2D eigenvalue weighted by atomic mass is 10.1. The Morgan fingerprint density at radius 3 is 2.41 bits per heavy atom. The van der Waals surface area contributed by atoms with Crippen molar-refractivity contribution in [3.8, 4) is 11.5 Å². The van der Waals surface area contributed by atoms with Crippen LogP contribution in [0.4, 0.5) is 0 Å². The number of rotatable bonds is 7. The molecule has 2 aromatic carbocycles. The van der Waals surface area contributed by atoms with E-state index in [4.69, 9.17) is 27.9 Å². The molecule has 41 heavy (non-hydrogen) atoms. The highest BCUT2D eigenvalue weighted by atomic mass is 35.5. The minimum absolute atomic E-state index is 0.0818. The van der Waals surface area contributed by atoms with Gasteiger partial charge in [-0.05, 0) is 49.2 Å². The van der Waals surface area contributed by atoms with Gasteiger partial charge < -0.3 is 24.2 Å². The van der Waals surface area contributed by atoms with Crippen molar-refractivity contribution in [3.63, 3.8) is 0 Å². The van der Waals surface area contributed by atoms with Crippen LogP contribution in [-0.2, 0) is 16.4 Å². The first-order chi connectivity index (χ1) is 19.5.